The number of piperidine rings is 1. The van der Waals surface area contributed by atoms with Gasteiger partial charge < -0.3 is 25.8 Å². The van der Waals surface area contributed by atoms with Gasteiger partial charge in [-0.3, -0.25) is 5.32 Å². The molecule has 3 aromatic rings. The summed E-state index contributed by atoms with van der Waals surface area (Å²) in [5, 5.41) is 10.8. The molecule has 2 aromatic heterocycles. The molecule has 2 aliphatic carbocycles. The molecule has 1 amide bonds. The fraction of sp³-hybridized carbons (Fsp3) is 0.586. The Kier molecular flexibility index (Phi) is 8.76. The van der Waals surface area contributed by atoms with E-state index in [-0.39, 0.29) is 23.8 Å². The molecule has 3 heterocycles. The van der Waals surface area contributed by atoms with Crippen molar-refractivity contribution in [2.75, 3.05) is 29.0 Å². The number of alkyl halides is 3. The number of hydrogen-bond donors (Lipinski definition) is 4. The van der Waals surface area contributed by atoms with Gasteiger partial charge in [0.15, 0.2) is 17.0 Å². The highest BCUT2D eigenvalue weighted by atomic mass is 19.4. The minimum Gasteiger partial charge on any atom is -0.365 e. The Balaban J connectivity index is 1.10. The molecule has 0 spiro atoms. The zero-order valence-electron chi connectivity index (χ0n) is 24.2. The van der Waals surface area contributed by atoms with Crippen LogP contribution in [0.25, 0.3) is 11.2 Å². The molecular formula is C29H37F4N9O2. The number of aromatic nitrogens is 4. The summed E-state index contributed by atoms with van der Waals surface area (Å²) in [5.74, 6) is -0.207. The summed E-state index contributed by atoms with van der Waals surface area (Å²) >= 11 is 0. The Labute approximate surface area is 251 Å². The van der Waals surface area contributed by atoms with E-state index in [4.69, 9.17) is 25.5 Å². The van der Waals surface area contributed by atoms with E-state index in [0.29, 0.717) is 61.4 Å². The van der Waals surface area contributed by atoms with Gasteiger partial charge >= 0.3 is 12.3 Å². The fourth-order valence-electron chi connectivity index (χ4n) is 6.34. The molecular weight excluding hydrogens is 582 g/mol. The van der Waals surface area contributed by atoms with Gasteiger partial charge in [-0.15, -0.1) is 5.06 Å². The Hall–Kier alpha value is -3.72. The van der Waals surface area contributed by atoms with Crippen LogP contribution in [0, 0.1) is 5.82 Å². The maximum atomic E-state index is 13.6. The molecule has 3 fully saturated rings. The van der Waals surface area contributed by atoms with Crippen molar-refractivity contribution in [2.45, 2.75) is 94.6 Å². The molecule has 1 aliphatic heterocycles. The summed E-state index contributed by atoms with van der Waals surface area (Å²) in [5.41, 5.74) is 5.93. The second-order valence-electron chi connectivity index (χ2n) is 12.0. The number of amides is 1. The summed E-state index contributed by atoms with van der Waals surface area (Å²) in [7, 11) is 0. The second-order valence-corrected chi connectivity index (χ2v) is 12.0. The van der Waals surface area contributed by atoms with E-state index in [2.05, 4.69) is 20.5 Å². The number of carbonyl (C=O) groups is 1. The summed E-state index contributed by atoms with van der Waals surface area (Å²) in [6.07, 6.45) is 5.65. The molecule has 2 saturated carbocycles. The standard InChI is InChI=1S/C29H37F4N9O2/c30-23-10-9-20(15-22(23)29(31,32)33)38-28(43)44-41-13-11-19(12-14-41)36-25-24-26(42(16-35-24)21-3-1-2-4-21)40-27(39-25)37-18-7-5-17(34)6-8-18/h9-10,15-19,21H,1-8,11-14,34H2,(H,38,43)(H2,36,37,39,40). The fourth-order valence-corrected chi connectivity index (χ4v) is 6.34. The zero-order chi connectivity index (χ0) is 30.8. The molecule has 238 valence electrons. The van der Waals surface area contributed by atoms with Crippen LogP contribution in [0.4, 0.5) is 39.8 Å². The van der Waals surface area contributed by atoms with E-state index in [9.17, 15) is 22.4 Å². The van der Waals surface area contributed by atoms with Crippen LogP contribution in [-0.4, -0.2) is 61.9 Å². The van der Waals surface area contributed by atoms with Crippen molar-refractivity contribution >= 4 is 34.7 Å². The number of rotatable bonds is 7. The van der Waals surface area contributed by atoms with Gasteiger partial charge in [0.1, 0.15) is 5.82 Å². The highest BCUT2D eigenvalue weighted by Gasteiger charge is 2.34. The molecule has 6 rings (SSSR count). The first-order valence-electron chi connectivity index (χ1n) is 15.3. The highest BCUT2D eigenvalue weighted by Crippen LogP contribution is 2.35. The lowest BCUT2D eigenvalue weighted by Gasteiger charge is -2.31. The highest BCUT2D eigenvalue weighted by molar-refractivity contribution is 5.85. The second kappa shape index (κ2) is 12.7. The quantitative estimate of drug-likeness (QED) is 0.241. The third kappa shape index (κ3) is 6.98. The summed E-state index contributed by atoms with van der Waals surface area (Å²) in [4.78, 5) is 32.1. The third-order valence-electron chi connectivity index (χ3n) is 8.77. The predicted octanol–water partition coefficient (Wildman–Crippen LogP) is 5.82. The lowest BCUT2D eigenvalue weighted by Crippen LogP contribution is -2.41. The number of carbonyl (C=O) groups excluding carboxylic acids is 1. The number of imidazole rings is 1. The maximum Gasteiger partial charge on any atom is 0.430 e. The monoisotopic (exact) mass is 619 g/mol. The number of halogens is 4. The average Bonchev–Trinajstić information content (AvgIpc) is 3.66. The Morgan fingerprint density at radius 3 is 2.36 bits per heavy atom. The number of hydroxylamine groups is 2. The number of hydrogen-bond acceptors (Lipinski definition) is 9. The number of nitrogens with two attached hydrogens (primary N) is 1. The Bertz CT molecular complexity index is 1460. The van der Waals surface area contributed by atoms with E-state index >= 15 is 0 Å². The number of nitrogens with zero attached hydrogens (tertiary/aromatic N) is 5. The van der Waals surface area contributed by atoms with E-state index in [1.807, 2.05) is 6.33 Å². The van der Waals surface area contributed by atoms with Gasteiger partial charge in [-0.2, -0.15) is 23.1 Å². The summed E-state index contributed by atoms with van der Waals surface area (Å²) < 4.78 is 54.8. The molecule has 11 nitrogen and oxygen atoms in total. The summed E-state index contributed by atoms with van der Waals surface area (Å²) in [6.45, 7) is 0.779. The van der Waals surface area contributed by atoms with Gasteiger partial charge in [-0.05, 0) is 69.6 Å². The van der Waals surface area contributed by atoms with Crippen LogP contribution in [0.5, 0.6) is 0 Å². The maximum absolute atomic E-state index is 13.6. The number of benzene rings is 1. The van der Waals surface area contributed by atoms with E-state index in [1.54, 1.807) is 0 Å². The van der Waals surface area contributed by atoms with Gasteiger partial charge in [-0.1, -0.05) is 12.8 Å². The molecule has 1 aromatic carbocycles. The van der Waals surface area contributed by atoms with Crippen LogP contribution in [0.15, 0.2) is 24.5 Å². The molecule has 0 radical (unpaired) electrons. The van der Waals surface area contributed by atoms with Crippen molar-refractivity contribution in [3.05, 3.63) is 35.9 Å². The minimum atomic E-state index is -4.88. The van der Waals surface area contributed by atoms with Crippen molar-refractivity contribution < 1.29 is 27.2 Å². The lowest BCUT2D eigenvalue weighted by molar-refractivity contribution is -0.139. The summed E-state index contributed by atoms with van der Waals surface area (Å²) in [6, 6.07) is 3.11. The topological polar surface area (TPSA) is 135 Å². The van der Waals surface area contributed by atoms with Crippen LogP contribution < -0.4 is 21.7 Å². The molecule has 0 unspecified atom stereocenters. The van der Waals surface area contributed by atoms with Gasteiger partial charge in [0, 0.05) is 42.9 Å². The first-order chi connectivity index (χ1) is 21.1. The number of nitrogens with one attached hydrogen (secondary N) is 3. The molecule has 3 aliphatic rings. The van der Waals surface area contributed by atoms with Gasteiger partial charge in [0.2, 0.25) is 5.95 Å². The van der Waals surface area contributed by atoms with Gasteiger partial charge in [0.05, 0.1) is 11.9 Å². The van der Waals surface area contributed by atoms with E-state index in [1.165, 1.54) is 17.9 Å². The number of anilines is 3. The average molecular weight is 620 g/mol. The molecule has 1 saturated heterocycles. The van der Waals surface area contributed by atoms with Gasteiger partial charge in [-0.25, -0.2) is 14.2 Å². The molecule has 0 bridgehead atoms. The van der Waals surface area contributed by atoms with Crippen LogP contribution in [-0.2, 0) is 11.0 Å². The van der Waals surface area contributed by atoms with E-state index in [0.717, 1.165) is 50.2 Å². The lowest BCUT2D eigenvalue weighted by atomic mass is 9.92. The van der Waals surface area contributed by atoms with Crippen molar-refractivity contribution in [3.8, 4) is 0 Å². The van der Waals surface area contributed by atoms with E-state index < -0.39 is 23.7 Å². The zero-order valence-corrected chi connectivity index (χ0v) is 24.2. The number of fused-ring (bicyclic) bond motifs is 1. The first-order valence-corrected chi connectivity index (χ1v) is 15.3. The molecule has 44 heavy (non-hydrogen) atoms. The Morgan fingerprint density at radius 2 is 1.66 bits per heavy atom. The van der Waals surface area contributed by atoms with Crippen molar-refractivity contribution in [1.82, 2.24) is 24.6 Å². The first kappa shape index (κ1) is 30.3. The normalized spacial score (nSPS) is 22.3. The van der Waals surface area contributed by atoms with Crippen LogP contribution in [0.1, 0.15) is 75.8 Å². The molecule has 5 N–H and O–H groups in total. The van der Waals surface area contributed by atoms with Crippen LogP contribution in [0.2, 0.25) is 0 Å². The Morgan fingerprint density at radius 1 is 0.955 bits per heavy atom. The van der Waals surface area contributed by atoms with Crippen LogP contribution >= 0.6 is 0 Å². The third-order valence-corrected chi connectivity index (χ3v) is 8.77. The SMILES string of the molecule is NC1CCC(Nc2nc(NC3CCN(OC(=O)Nc4ccc(F)c(C(F)(F)F)c4)CC3)c3ncn(C4CCCC4)c3n2)CC1. The van der Waals surface area contributed by atoms with Gasteiger partial charge in [0.25, 0.3) is 0 Å². The largest absolute Gasteiger partial charge is 0.430 e. The van der Waals surface area contributed by atoms with Crippen molar-refractivity contribution in [1.29, 1.82) is 0 Å². The van der Waals surface area contributed by atoms with Crippen molar-refractivity contribution in [2.24, 2.45) is 5.73 Å². The van der Waals surface area contributed by atoms with Crippen LogP contribution in [0.3, 0.4) is 0 Å². The molecule has 0 atom stereocenters. The minimum absolute atomic E-state index is 0.0135. The molecule has 15 heteroatoms. The van der Waals surface area contributed by atoms with Crippen molar-refractivity contribution in [3.63, 3.8) is 0 Å². The smallest absolute Gasteiger partial charge is 0.365 e. The predicted molar refractivity (Wildman–Crippen MR) is 156 cm³/mol.